The summed E-state index contributed by atoms with van der Waals surface area (Å²) in [5.74, 6) is -0.921. The SMILES string of the molecule is O=C(O)Cn1cc([125I])c(=O)c([125I])c1.OCCNCCO. The normalized spacial score (nSPS) is 9.80. The minimum atomic E-state index is -0.921. The molecule has 0 fully saturated rings. The number of nitrogens with zero attached hydrogens (tertiary/aromatic N) is 1. The Labute approximate surface area is 143 Å². The van der Waals surface area contributed by atoms with Crippen LogP contribution in [0.15, 0.2) is 17.2 Å². The lowest BCUT2D eigenvalue weighted by atomic mass is 10.4. The van der Waals surface area contributed by atoms with Gasteiger partial charge < -0.3 is 25.2 Å². The van der Waals surface area contributed by atoms with Crippen LogP contribution in [0.3, 0.4) is 0 Å². The molecule has 0 spiro atoms. The first-order valence-electron chi connectivity index (χ1n) is 5.61. The van der Waals surface area contributed by atoms with Crippen molar-refractivity contribution in [1.82, 2.24) is 9.88 Å². The third-order valence-electron chi connectivity index (χ3n) is 1.89. The topological polar surface area (TPSA) is 112 Å². The van der Waals surface area contributed by atoms with Gasteiger partial charge in [0.15, 0.2) is 0 Å². The van der Waals surface area contributed by atoms with E-state index in [1.165, 1.54) is 17.0 Å². The molecular weight excluding hydrogens is 490 g/mol. The summed E-state index contributed by atoms with van der Waals surface area (Å²) in [4.78, 5) is 21.6. The van der Waals surface area contributed by atoms with E-state index in [9.17, 15) is 9.59 Å². The molecule has 7 nitrogen and oxygen atoms in total. The molecule has 0 bridgehead atoms. The van der Waals surface area contributed by atoms with Gasteiger partial charge in [0, 0.05) is 25.5 Å². The van der Waals surface area contributed by atoms with Crippen molar-refractivity contribution in [2.75, 3.05) is 26.3 Å². The molecule has 0 atom stereocenters. The fourth-order valence-electron chi connectivity index (χ4n) is 1.09. The highest BCUT2D eigenvalue weighted by Gasteiger charge is 2.04. The Morgan fingerprint density at radius 3 is 1.95 bits per heavy atom. The fraction of sp³-hybridized carbons (Fsp3) is 0.455. The second-order valence-electron chi connectivity index (χ2n) is 3.55. The van der Waals surface area contributed by atoms with Crippen molar-refractivity contribution >= 4 is 51.2 Å². The maximum atomic E-state index is 11.2. The second kappa shape index (κ2) is 11.4. The Hall–Kier alpha value is -0.240. The molecule has 0 radical (unpaired) electrons. The molecule has 1 aromatic rings. The summed E-state index contributed by atoms with van der Waals surface area (Å²) in [5, 5.41) is 27.6. The van der Waals surface area contributed by atoms with Crippen LogP contribution in [-0.4, -0.2) is 52.2 Å². The number of hydrogen-bond donors (Lipinski definition) is 4. The van der Waals surface area contributed by atoms with Crippen LogP contribution in [0.1, 0.15) is 0 Å². The van der Waals surface area contributed by atoms with E-state index in [1.807, 2.05) is 45.2 Å². The van der Waals surface area contributed by atoms with Crippen LogP contribution in [0.25, 0.3) is 0 Å². The smallest absolute Gasteiger partial charge is 0.323 e. The molecule has 9 heteroatoms. The third kappa shape index (κ3) is 8.84. The van der Waals surface area contributed by atoms with Gasteiger partial charge in [-0.2, -0.15) is 0 Å². The highest BCUT2D eigenvalue weighted by Crippen LogP contribution is 2.03. The van der Waals surface area contributed by atoms with E-state index in [2.05, 4.69) is 5.32 Å². The number of rotatable bonds is 6. The van der Waals surface area contributed by atoms with Crippen molar-refractivity contribution in [3.05, 3.63) is 29.8 Å². The monoisotopic (exact) mass is 506 g/mol. The second-order valence-corrected chi connectivity index (χ2v) is 5.87. The van der Waals surface area contributed by atoms with Crippen molar-refractivity contribution in [2.24, 2.45) is 0 Å². The highest BCUT2D eigenvalue weighted by molar-refractivity contribution is 14.1. The molecule has 0 aromatic carbocycles. The van der Waals surface area contributed by atoms with E-state index in [-0.39, 0.29) is 25.2 Å². The van der Waals surface area contributed by atoms with Crippen molar-refractivity contribution in [2.45, 2.75) is 6.54 Å². The number of carbonyl (C=O) groups is 1. The van der Waals surface area contributed by atoms with Crippen LogP contribution in [0.5, 0.6) is 0 Å². The summed E-state index contributed by atoms with van der Waals surface area (Å²) in [6.07, 6.45) is 3.05. The van der Waals surface area contributed by atoms with Crippen LogP contribution in [0, 0.1) is 7.14 Å². The van der Waals surface area contributed by atoms with Gasteiger partial charge in [0.25, 0.3) is 0 Å². The van der Waals surface area contributed by atoms with Gasteiger partial charge in [-0.3, -0.25) is 9.59 Å². The van der Waals surface area contributed by atoms with Gasteiger partial charge in [-0.25, -0.2) is 0 Å². The van der Waals surface area contributed by atoms with Gasteiger partial charge in [0.05, 0.1) is 20.4 Å². The van der Waals surface area contributed by atoms with Gasteiger partial charge >= 0.3 is 5.97 Å². The number of hydrogen-bond acceptors (Lipinski definition) is 5. The van der Waals surface area contributed by atoms with Crippen molar-refractivity contribution in [3.8, 4) is 0 Å². The maximum absolute atomic E-state index is 11.2. The predicted molar refractivity (Wildman–Crippen MR) is 90.8 cm³/mol. The Morgan fingerprint density at radius 2 is 1.60 bits per heavy atom. The largest absolute Gasteiger partial charge is 0.480 e. The van der Waals surface area contributed by atoms with Crippen LogP contribution >= 0.6 is 45.2 Å². The number of carboxylic acid groups (broad SMARTS) is 1. The van der Waals surface area contributed by atoms with Crippen molar-refractivity contribution < 1.29 is 20.1 Å². The number of halogens is 2. The Kier molecular flexibility index (Phi) is 11.3. The van der Waals surface area contributed by atoms with Gasteiger partial charge in [0.2, 0.25) is 5.43 Å². The number of aliphatic hydroxyl groups excluding tert-OH is 2. The highest BCUT2D eigenvalue weighted by atomic mass is 125. The van der Waals surface area contributed by atoms with Crippen LogP contribution < -0.4 is 10.7 Å². The number of carboxylic acids is 1. The Morgan fingerprint density at radius 1 is 1.15 bits per heavy atom. The molecule has 0 aliphatic rings. The lowest BCUT2D eigenvalue weighted by Crippen LogP contribution is -2.21. The number of pyridine rings is 1. The molecule has 1 heterocycles. The van der Waals surface area contributed by atoms with E-state index in [4.69, 9.17) is 15.3 Å². The number of aliphatic carboxylic acids is 1. The van der Waals surface area contributed by atoms with Crippen LogP contribution in [-0.2, 0) is 11.3 Å². The third-order valence-corrected chi connectivity index (χ3v) is 3.42. The zero-order valence-corrected chi connectivity index (χ0v) is 14.9. The molecule has 4 N–H and O–H groups in total. The Bertz CT molecular complexity index is 448. The van der Waals surface area contributed by atoms with E-state index in [1.54, 1.807) is 0 Å². The van der Waals surface area contributed by atoms with E-state index in [0.717, 1.165) is 0 Å². The zero-order chi connectivity index (χ0) is 15.5. The minimum Gasteiger partial charge on any atom is -0.480 e. The van der Waals surface area contributed by atoms with Crippen molar-refractivity contribution in [1.29, 1.82) is 0 Å². The number of nitrogens with one attached hydrogen (secondary N) is 1. The zero-order valence-electron chi connectivity index (χ0n) is 10.6. The molecule has 20 heavy (non-hydrogen) atoms. The minimum absolute atomic E-state index is 0.0529. The van der Waals surface area contributed by atoms with E-state index in [0.29, 0.717) is 20.2 Å². The predicted octanol–water partition coefficient (Wildman–Crippen LogP) is -0.297. The van der Waals surface area contributed by atoms with E-state index >= 15 is 0 Å². The summed E-state index contributed by atoms with van der Waals surface area (Å²) in [7, 11) is 0. The summed E-state index contributed by atoms with van der Waals surface area (Å²) >= 11 is 3.78. The molecule has 0 aliphatic carbocycles. The van der Waals surface area contributed by atoms with Crippen LogP contribution in [0.2, 0.25) is 0 Å². The summed E-state index contributed by atoms with van der Waals surface area (Å²) in [6, 6.07) is 0. The Balaban J connectivity index is 0.000000441. The molecule has 0 saturated carbocycles. The fourth-order valence-corrected chi connectivity index (χ4v) is 2.90. The van der Waals surface area contributed by atoms with Gasteiger partial charge in [-0.05, 0) is 45.2 Å². The molecule has 114 valence electrons. The molecule has 0 saturated heterocycles. The number of aliphatic hydroxyl groups is 2. The number of aromatic nitrogens is 1. The van der Waals surface area contributed by atoms with E-state index < -0.39 is 5.97 Å². The first kappa shape index (κ1) is 19.8. The summed E-state index contributed by atoms with van der Waals surface area (Å²) < 4.78 is 2.55. The first-order chi connectivity index (χ1) is 9.42. The summed E-state index contributed by atoms with van der Waals surface area (Å²) in [5.41, 5.74) is -0.0529. The van der Waals surface area contributed by atoms with Gasteiger partial charge in [0.1, 0.15) is 6.54 Å². The molecule has 1 rings (SSSR count). The van der Waals surface area contributed by atoms with Crippen LogP contribution in [0.4, 0.5) is 0 Å². The summed E-state index contributed by atoms with van der Waals surface area (Å²) in [6.45, 7) is 1.30. The maximum Gasteiger partial charge on any atom is 0.323 e. The lowest BCUT2D eigenvalue weighted by molar-refractivity contribution is -0.137. The average Bonchev–Trinajstić information content (AvgIpc) is 2.36. The van der Waals surface area contributed by atoms with Crippen molar-refractivity contribution in [3.63, 3.8) is 0 Å². The standard InChI is InChI=1S/C7H5I2NO3.C4H11NO2/c8-4-1-10(3-6(11)12)2-5(9)7(4)13;6-3-1-5-2-4-7/h1-2H,3H2,(H,11,12);5-7H,1-4H2/i8-2,9-2;. The molecule has 0 unspecified atom stereocenters. The lowest BCUT2D eigenvalue weighted by Gasteiger charge is -2.03. The van der Waals surface area contributed by atoms with Gasteiger partial charge in [-0.15, -0.1) is 0 Å². The first-order valence-corrected chi connectivity index (χ1v) is 7.77. The average molecular weight is 506 g/mol. The van der Waals surface area contributed by atoms with Gasteiger partial charge in [-0.1, -0.05) is 0 Å². The molecule has 1 aromatic heterocycles. The quantitative estimate of drug-likeness (QED) is 0.312. The molecular formula is C11H16I2N2O5. The molecule has 0 amide bonds. The molecule has 0 aliphatic heterocycles.